The molecule has 13 heavy (non-hydrogen) atoms. The highest BCUT2D eigenvalue weighted by Gasteiger charge is 1.81. The van der Waals surface area contributed by atoms with Gasteiger partial charge in [-0.15, -0.1) is 0 Å². The van der Waals surface area contributed by atoms with Crippen molar-refractivity contribution in [2.45, 2.75) is 27.7 Å². The molecule has 3 N–H and O–H groups in total. The number of aliphatic hydroxyl groups is 1. The molecular weight excluding hydrogens is 176 g/mol. The number of aliphatic hydroxyl groups excluding tert-OH is 1. The van der Waals surface area contributed by atoms with Gasteiger partial charge >= 0.3 is 0 Å². The molecule has 0 aromatic carbocycles. The average molecular weight is 194 g/mol. The highest BCUT2D eigenvalue weighted by atomic mass is 16.4. The van der Waals surface area contributed by atoms with Crippen LogP contribution in [-0.2, 0) is 9.59 Å². The van der Waals surface area contributed by atoms with E-state index in [1.807, 2.05) is 13.8 Å². The van der Waals surface area contributed by atoms with Gasteiger partial charge in [0.05, 0.1) is 0 Å². The molecule has 0 aliphatic heterocycles. The standard InChI is InChI=1S/C4H10O.2C2H4O2/c1-4(2)3-5;2*1-2(3)4/h4-5H,3H2,1-2H3;2*1H3,(H,3,4). The summed E-state index contributed by atoms with van der Waals surface area (Å²) in [6.45, 7) is 6.42. The lowest BCUT2D eigenvalue weighted by Gasteiger charge is -1.90. The van der Waals surface area contributed by atoms with Crippen molar-refractivity contribution in [2.75, 3.05) is 6.61 Å². The van der Waals surface area contributed by atoms with Gasteiger partial charge in [0.15, 0.2) is 0 Å². The summed E-state index contributed by atoms with van der Waals surface area (Å²) in [6.07, 6.45) is 0. The third-order valence-electron chi connectivity index (χ3n) is 0.365. The lowest BCUT2D eigenvalue weighted by molar-refractivity contribution is -0.135. The molecule has 0 spiro atoms. The predicted octanol–water partition coefficient (Wildman–Crippen LogP) is 0.816. The molecule has 0 saturated heterocycles. The molecule has 0 unspecified atom stereocenters. The van der Waals surface area contributed by atoms with Crippen LogP contribution >= 0.6 is 0 Å². The monoisotopic (exact) mass is 194 g/mol. The fourth-order valence-electron chi connectivity index (χ4n) is 0. The van der Waals surface area contributed by atoms with Gasteiger partial charge in [-0.25, -0.2) is 0 Å². The first kappa shape index (κ1) is 17.8. The molecule has 0 fully saturated rings. The summed E-state index contributed by atoms with van der Waals surface area (Å²) in [5.41, 5.74) is 0. The van der Waals surface area contributed by atoms with Crippen molar-refractivity contribution in [3.63, 3.8) is 0 Å². The molecule has 0 aromatic rings. The molecule has 0 saturated carbocycles. The fourth-order valence-corrected chi connectivity index (χ4v) is 0. The zero-order valence-corrected chi connectivity index (χ0v) is 8.44. The van der Waals surface area contributed by atoms with E-state index >= 15 is 0 Å². The number of carbonyl (C=O) groups is 2. The van der Waals surface area contributed by atoms with Gasteiger partial charge < -0.3 is 15.3 Å². The molecule has 5 heteroatoms. The number of carboxylic acids is 2. The maximum Gasteiger partial charge on any atom is 0.300 e. The Hall–Kier alpha value is -1.10. The smallest absolute Gasteiger partial charge is 0.300 e. The summed E-state index contributed by atoms with van der Waals surface area (Å²) >= 11 is 0. The van der Waals surface area contributed by atoms with Gasteiger partial charge in [0, 0.05) is 20.5 Å². The normalized spacial score (nSPS) is 7.54. The Morgan fingerprint density at radius 3 is 1.15 bits per heavy atom. The van der Waals surface area contributed by atoms with E-state index in [9.17, 15) is 0 Å². The largest absolute Gasteiger partial charge is 0.481 e. The Balaban J connectivity index is -0.000000117. The first-order valence-electron chi connectivity index (χ1n) is 3.73. The van der Waals surface area contributed by atoms with Crippen LogP contribution in [0.1, 0.15) is 27.7 Å². The number of hydrogen-bond acceptors (Lipinski definition) is 3. The third-order valence-corrected chi connectivity index (χ3v) is 0.365. The Morgan fingerprint density at radius 2 is 1.15 bits per heavy atom. The second kappa shape index (κ2) is 13.5. The Kier molecular flexibility index (Phi) is 18.5. The molecule has 80 valence electrons. The average Bonchev–Trinajstić information content (AvgIpc) is 1.84. The second-order valence-electron chi connectivity index (χ2n) is 2.61. The summed E-state index contributed by atoms with van der Waals surface area (Å²) < 4.78 is 0. The molecule has 0 radical (unpaired) electrons. The molecule has 0 bridgehead atoms. The highest BCUT2D eigenvalue weighted by molar-refractivity contribution is 5.63. The van der Waals surface area contributed by atoms with Gasteiger partial charge in [-0.1, -0.05) is 13.8 Å². The number of rotatable bonds is 1. The molecule has 5 nitrogen and oxygen atoms in total. The van der Waals surface area contributed by atoms with Crippen molar-refractivity contribution in [1.29, 1.82) is 0 Å². The topological polar surface area (TPSA) is 94.8 Å². The van der Waals surface area contributed by atoms with Crippen molar-refractivity contribution in [3.05, 3.63) is 0 Å². The van der Waals surface area contributed by atoms with Crippen LogP contribution in [0.3, 0.4) is 0 Å². The van der Waals surface area contributed by atoms with E-state index in [0.29, 0.717) is 12.5 Å². The van der Waals surface area contributed by atoms with Gasteiger partial charge in [0.2, 0.25) is 0 Å². The van der Waals surface area contributed by atoms with Crippen LogP contribution in [0.5, 0.6) is 0 Å². The van der Waals surface area contributed by atoms with E-state index in [1.54, 1.807) is 0 Å². The Morgan fingerprint density at radius 1 is 1.08 bits per heavy atom. The number of carboxylic acid groups (broad SMARTS) is 2. The maximum absolute atomic E-state index is 9.00. The summed E-state index contributed by atoms with van der Waals surface area (Å²) in [7, 11) is 0. The number of aliphatic carboxylic acids is 2. The van der Waals surface area contributed by atoms with E-state index in [4.69, 9.17) is 24.9 Å². The molecule has 0 atom stereocenters. The molecule has 0 heterocycles. The van der Waals surface area contributed by atoms with Crippen LogP contribution in [0, 0.1) is 5.92 Å². The van der Waals surface area contributed by atoms with Gasteiger partial charge in [-0.05, 0) is 5.92 Å². The van der Waals surface area contributed by atoms with Crippen LogP contribution in [-0.4, -0.2) is 33.9 Å². The van der Waals surface area contributed by atoms with Crippen LogP contribution in [0.25, 0.3) is 0 Å². The van der Waals surface area contributed by atoms with Gasteiger partial charge in [-0.3, -0.25) is 9.59 Å². The minimum absolute atomic E-state index is 0.306. The van der Waals surface area contributed by atoms with Crippen LogP contribution in [0.15, 0.2) is 0 Å². The van der Waals surface area contributed by atoms with Crippen molar-refractivity contribution in [1.82, 2.24) is 0 Å². The van der Waals surface area contributed by atoms with Gasteiger partial charge in [0.1, 0.15) is 0 Å². The van der Waals surface area contributed by atoms with E-state index in [1.165, 1.54) is 0 Å². The van der Waals surface area contributed by atoms with Gasteiger partial charge in [0.25, 0.3) is 11.9 Å². The lowest BCUT2D eigenvalue weighted by atomic mass is 10.2. The molecular formula is C8H18O5. The molecule has 0 aromatic heterocycles. The summed E-state index contributed by atoms with van der Waals surface area (Å²) in [4.78, 5) is 18.0. The summed E-state index contributed by atoms with van der Waals surface area (Å²) in [5, 5.41) is 23.0. The van der Waals surface area contributed by atoms with Crippen molar-refractivity contribution >= 4 is 11.9 Å². The quantitative estimate of drug-likeness (QED) is 0.574. The minimum atomic E-state index is -0.833. The minimum Gasteiger partial charge on any atom is -0.481 e. The van der Waals surface area contributed by atoms with Crippen molar-refractivity contribution in [3.8, 4) is 0 Å². The zero-order chi connectivity index (χ0) is 11.4. The molecule has 0 amide bonds. The number of hydrogen-bond donors (Lipinski definition) is 3. The molecule has 0 aliphatic rings. The van der Waals surface area contributed by atoms with Gasteiger partial charge in [-0.2, -0.15) is 0 Å². The van der Waals surface area contributed by atoms with Crippen LogP contribution < -0.4 is 0 Å². The van der Waals surface area contributed by atoms with E-state index in [-0.39, 0.29) is 0 Å². The predicted molar refractivity (Wildman–Crippen MR) is 48.5 cm³/mol. The highest BCUT2D eigenvalue weighted by Crippen LogP contribution is 1.83. The third kappa shape index (κ3) is 1070. The SMILES string of the molecule is CC(=O)O.CC(=O)O.CC(C)CO. The Bertz CT molecular complexity index is 110. The van der Waals surface area contributed by atoms with Crippen molar-refractivity contribution in [2.24, 2.45) is 5.92 Å². The maximum atomic E-state index is 9.00. The van der Waals surface area contributed by atoms with Crippen LogP contribution in [0.2, 0.25) is 0 Å². The summed E-state index contributed by atoms with van der Waals surface area (Å²) in [5.74, 6) is -1.23. The first-order valence-corrected chi connectivity index (χ1v) is 3.73. The summed E-state index contributed by atoms with van der Waals surface area (Å²) in [6, 6.07) is 0. The Labute approximate surface area is 78.0 Å². The van der Waals surface area contributed by atoms with E-state index < -0.39 is 11.9 Å². The zero-order valence-electron chi connectivity index (χ0n) is 8.44. The fraction of sp³-hybridized carbons (Fsp3) is 0.750. The second-order valence-corrected chi connectivity index (χ2v) is 2.61. The molecule has 0 aliphatic carbocycles. The van der Waals surface area contributed by atoms with Crippen LogP contribution in [0.4, 0.5) is 0 Å². The van der Waals surface area contributed by atoms with Crippen molar-refractivity contribution < 1.29 is 24.9 Å². The van der Waals surface area contributed by atoms with E-state index in [2.05, 4.69) is 0 Å². The lowest BCUT2D eigenvalue weighted by Crippen LogP contribution is -1.90. The molecule has 0 rings (SSSR count). The van der Waals surface area contributed by atoms with E-state index in [0.717, 1.165) is 13.8 Å². The first-order chi connectivity index (χ1) is 5.73.